The van der Waals surface area contributed by atoms with Crippen LogP contribution in [0, 0.1) is 6.92 Å². The van der Waals surface area contributed by atoms with Crippen molar-refractivity contribution in [3.8, 4) is 0 Å². The smallest absolute Gasteiger partial charge is 0.0447 e. The lowest BCUT2D eigenvalue weighted by Crippen LogP contribution is -2.37. The zero-order valence-electron chi connectivity index (χ0n) is 13.1. The van der Waals surface area contributed by atoms with E-state index in [4.69, 9.17) is 0 Å². The molecule has 0 aliphatic carbocycles. The van der Waals surface area contributed by atoms with Crippen LogP contribution >= 0.6 is 0 Å². The molecule has 1 saturated heterocycles. The zero-order chi connectivity index (χ0) is 14.9. The molecule has 0 amide bonds. The maximum absolute atomic E-state index is 4.46. The molecule has 2 atom stereocenters. The number of benzene rings is 1. The van der Waals surface area contributed by atoms with Gasteiger partial charge in [0.25, 0.3) is 0 Å². The predicted molar refractivity (Wildman–Crippen MR) is 90.4 cm³/mol. The van der Waals surface area contributed by atoms with Crippen LogP contribution in [0.3, 0.4) is 0 Å². The molecule has 1 fully saturated rings. The summed E-state index contributed by atoms with van der Waals surface area (Å²) in [6.45, 7) is 3.19. The van der Waals surface area contributed by atoms with E-state index >= 15 is 0 Å². The Balaban J connectivity index is 1.59. The summed E-state index contributed by atoms with van der Waals surface area (Å²) >= 11 is 0. The highest BCUT2D eigenvalue weighted by Gasteiger charge is 2.36. The van der Waals surface area contributed by atoms with Crippen LogP contribution in [-0.2, 0) is 6.54 Å². The number of hydrogen-bond acceptors (Lipinski definition) is 2. The van der Waals surface area contributed by atoms with E-state index in [1.807, 2.05) is 6.20 Å². The van der Waals surface area contributed by atoms with Crippen LogP contribution in [0.2, 0.25) is 0 Å². The van der Waals surface area contributed by atoms with Gasteiger partial charge in [-0.2, -0.15) is 0 Å². The van der Waals surface area contributed by atoms with E-state index in [1.54, 1.807) is 0 Å². The highest BCUT2D eigenvalue weighted by atomic mass is 15.2. The third kappa shape index (κ3) is 2.48. The highest BCUT2D eigenvalue weighted by molar-refractivity contribution is 5.69. The first kappa shape index (κ1) is 13.7. The molecule has 2 aliphatic heterocycles. The Labute approximate surface area is 132 Å². The fraction of sp³-hybridized carbons (Fsp3) is 0.350. The normalized spacial score (nSPS) is 24.3. The lowest BCUT2D eigenvalue weighted by Gasteiger charge is -2.34. The molecular formula is C20H22N2. The maximum atomic E-state index is 4.46. The van der Waals surface area contributed by atoms with Crippen LogP contribution in [-0.4, -0.2) is 22.0 Å². The quantitative estimate of drug-likeness (QED) is 0.842. The van der Waals surface area contributed by atoms with Gasteiger partial charge in [0.15, 0.2) is 0 Å². The zero-order valence-corrected chi connectivity index (χ0v) is 13.1. The van der Waals surface area contributed by atoms with Crippen LogP contribution in [0.1, 0.15) is 36.1 Å². The molecule has 2 aromatic rings. The molecule has 2 heteroatoms. The van der Waals surface area contributed by atoms with Gasteiger partial charge in [-0.25, -0.2) is 0 Å². The van der Waals surface area contributed by atoms with E-state index in [9.17, 15) is 0 Å². The van der Waals surface area contributed by atoms with E-state index in [2.05, 4.69) is 65.3 Å². The predicted octanol–water partition coefficient (Wildman–Crippen LogP) is 4.21. The summed E-state index contributed by atoms with van der Waals surface area (Å²) in [5.41, 5.74) is 5.43. The second-order valence-electron chi connectivity index (χ2n) is 6.49. The first-order valence-electron chi connectivity index (χ1n) is 8.23. The van der Waals surface area contributed by atoms with Crippen molar-refractivity contribution in [3.05, 3.63) is 71.6 Å². The minimum atomic E-state index is 0.591. The number of aromatic nitrogens is 1. The van der Waals surface area contributed by atoms with Crippen molar-refractivity contribution < 1.29 is 0 Å². The van der Waals surface area contributed by atoms with Gasteiger partial charge in [-0.05, 0) is 49.0 Å². The van der Waals surface area contributed by atoms with Crippen molar-refractivity contribution in [2.75, 3.05) is 0 Å². The van der Waals surface area contributed by atoms with Crippen molar-refractivity contribution in [1.82, 2.24) is 9.88 Å². The standard InChI is InChI=1S/C20H22N2/c1-15-20(8-5-11-21-15)17-12-18-9-10-19(13-17)22(18)14-16-6-3-2-4-7-16/h2-8,11-12,18-19H,9-10,13-14H2,1H3. The Kier molecular flexibility index (Phi) is 3.55. The lowest BCUT2D eigenvalue weighted by atomic mass is 9.93. The summed E-state index contributed by atoms with van der Waals surface area (Å²) in [6, 6.07) is 16.4. The molecule has 0 N–H and O–H groups in total. The average Bonchev–Trinajstić information content (AvgIpc) is 2.78. The van der Waals surface area contributed by atoms with Crippen LogP contribution in [0.15, 0.2) is 54.7 Å². The monoisotopic (exact) mass is 290 g/mol. The lowest BCUT2D eigenvalue weighted by molar-refractivity contribution is 0.203. The fourth-order valence-corrected chi connectivity index (χ4v) is 3.98. The molecule has 2 bridgehead atoms. The molecule has 0 radical (unpaired) electrons. The fourth-order valence-electron chi connectivity index (χ4n) is 3.98. The maximum Gasteiger partial charge on any atom is 0.0447 e. The van der Waals surface area contributed by atoms with Gasteiger partial charge in [-0.1, -0.05) is 42.5 Å². The molecule has 0 spiro atoms. The highest BCUT2D eigenvalue weighted by Crippen LogP contribution is 2.39. The Hall–Kier alpha value is -1.93. The SMILES string of the molecule is Cc1ncccc1C1=CC2CCC(C1)N2Cc1ccccc1. The van der Waals surface area contributed by atoms with Gasteiger partial charge in [0.1, 0.15) is 0 Å². The Morgan fingerprint density at radius 1 is 1.09 bits per heavy atom. The number of pyridine rings is 1. The molecule has 2 unspecified atom stereocenters. The second kappa shape index (κ2) is 5.69. The summed E-state index contributed by atoms with van der Waals surface area (Å²) < 4.78 is 0. The number of aryl methyl sites for hydroxylation is 1. The van der Waals surface area contributed by atoms with Crippen molar-refractivity contribution in [2.45, 2.75) is 44.8 Å². The van der Waals surface area contributed by atoms with Crippen LogP contribution in [0.5, 0.6) is 0 Å². The van der Waals surface area contributed by atoms with E-state index < -0.39 is 0 Å². The van der Waals surface area contributed by atoms with Crippen molar-refractivity contribution in [3.63, 3.8) is 0 Å². The van der Waals surface area contributed by atoms with E-state index in [-0.39, 0.29) is 0 Å². The van der Waals surface area contributed by atoms with Gasteiger partial charge in [0.2, 0.25) is 0 Å². The van der Waals surface area contributed by atoms with Gasteiger partial charge in [-0.3, -0.25) is 9.88 Å². The Morgan fingerprint density at radius 3 is 2.73 bits per heavy atom. The van der Waals surface area contributed by atoms with Gasteiger partial charge < -0.3 is 0 Å². The molecule has 1 aromatic heterocycles. The minimum Gasteiger partial charge on any atom is -0.289 e. The number of hydrogen-bond donors (Lipinski definition) is 0. The molecule has 4 rings (SSSR count). The Bertz CT molecular complexity index is 690. The van der Waals surface area contributed by atoms with E-state index in [0.29, 0.717) is 12.1 Å². The number of rotatable bonds is 3. The number of nitrogens with zero attached hydrogens (tertiary/aromatic N) is 2. The van der Waals surface area contributed by atoms with Crippen molar-refractivity contribution in [1.29, 1.82) is 0 Å². The summed E-state index contributed by atoms with van der Waals surface area (Å²) in [5, 5.41) is 0. The molecule has 1 aromatic carbocycles. The molecule has 2 nitrogen and oxygen atoms in total. The second-order valence-corrected chi connectivity index (χ2v) is 6.49. The largest absolute Gasteiger partial charge is 0.289 e. The molecule has 2 aliphatic rings. The average molecular weight is 290 g/mol. The van der Waals surface area contributed by atoms with Gasteiger partial charge in [-0.15, -0.1) is 0 Å². The topological polar surface area (TPSA) is 16.1 Å². The van der Waals surface area contributed by atoms with Gasteiger partial charge in [0.05, 0.1) is 0 Å². The minimum absolute atomic E-state index is 0.591. The third-order valence-corrected chi connectivity index (χ3v) is 5.10. The van der Waals surface area contributed by atoms with E-state index in [0.717, 1.165) is 18.7 Å². The van der Waals surface area contributed by atoms with Crippen LogP contribution in [0.4, 0.5) is 0 Å². The summed E-state index contributed by atoms with van der Waals surface area (Å²) in [4.78, 5) is 7.14. The first-order chi connectivity index (χ1) is 10.8. The summed E-state index contributed by atoms with van der Waals surface area (Å²) in [5.74, 6) is 0. The molecular weight excluding hydrogens is 268 g/mol. The van der Waals surface area contributed by atoms with E-state index in [1.165, 1.54) is 29.5 Å². The van der Waals surface area contributed by atoms with Gasteiger partial charge >= 0.3 is 0 Å². The third-order valence-electron chi connectivity index (χ3n) is 5.10. The van der Waals surface area contributed by atoms with Crippen molar-refractivity contribution >= 4 is 5.57 Å². The molecule has 0 saturated carbocycles. The van der Waals surface area contributed by atoms with Crippen LogP contribution in [0.25, 0.3) is 5.57 Å². The first-order valence-corrected chi connectivity index (χ1v) is 8.23. The number of fused-ring (bicyclic) bond motifs is 2. The molecule has 22 heavy (non-hydrogen) atoms. The summed E-state index contributed by atoms with van der Waals surface area (Å²) in [7, 11) is 0. The molecule has 112 valence electrons. The Morgan fingerprint density at radius 2 is 1.95 bits per heavy atom. The van der Waals surface area contributed by atoms with Crippen LogP contribution < -0.4 is 0 Å². The summed E-state index contributed by atoms with van der Waals surface area (Å²) in [6.07, 6.45) is 8.15. The van der Waals surface area contributed by atoms with Gasteiger partial charge in [0, 0.05) is 30.5 Å². The van der Waals surface area contributed by atoms with Crippen molar-refractivity contribution in [2.24, 2.45) is 0 Å². The molecule has 3 heterocycles.